The van der Waals surface area contributed by atoms with E-state index in [9.17, 15) is 5.11 Å². The van der Waals surface area contributed by atoms with Crippen LogP contribution in [-0.2, 0) is 0 Å². The van der Waals surface area contributed by atoms with Gasteiger partial charge in [-0.3, -0.25) is 0 Å². The minimum absolute atomic E-state index is 0.0312. The summed E-state index contributed by atoms with van der Waals surface area (Å²) >= 11 is -2.47. The maximum atomic E-state index is 12.1. The van der Waals surface area contributed by atoms with Gasteiger partial charge in [0.2, 0.25) is 0 Å². The Kier molecular flexibility index (Phi) is 19.6. The van der Waals surface area contributed by atoms with Crippen molar-refractivity contribution in [2.45, 2.75) is 202 Å². The molecule has 3 nitrogen and oxygen atoms in total. The van der Waals surface area contributed by atoms with Crippen LogP contribution in [0.4, 0.5) is 0 Å². The summed E-state index contributed by atoms with van der Waals surface area (Å²) in [6.45, 7) is 37.4. The molecule has 0 amide bonds. The second kappa shape index (κ2) is 20.6. The third-order valence-electron chi connectivity index (χ3n) is 11.6. The number of hydrogen-bond acceptors (Lipinski definition) is 3. The SMILES string of the molecule is CCC[CH2][Sn](/[CH]=C/[C@H](C)[C@H](O)c1cc(O[Si](C(C)C)(C(C)C)C(C)C)cc(O[Si](C(C)C)(C(C)C)C(C)C)c1)([CH2]CCC)[CH2]CCC. The van der Waals surface area contributed by atoms with Gasteiger partial charge in [-0.25, -0.2) is 0 Å². The van der Waals surface area contributed by atoms with Crippen LogP contribution in [0.2, 0.25) is 46.6 Å². The van der Waals surface area contributed by atoms with Crippen molar-refractivity contribution in [2.75, 3.05) is 0 Å². The van der Waals surface area contributed by atoms with E-state index in [-0.39, 0.29) is 5.92 Å². The van der Waals surface area contributed by atoms with E-state index in [1.54, 1.807) is 0 Å². The number of unbranched alkanes of at least 4 members (excludes halogenated alkanes) is 3. The third-order valence-corrected chi connectivity index (χ3v) is 37.7. The first-order valence-electron chi connectivity index (χ1n) is 19.8. The summed E-state index contributed by atoms with van der Waals surface area (Å²) < 4.78 is 21.7. The quantitative estimate of drug-likeness (QED) is 0.112. The summed E-state index contributed by atoms with van der Waals surface area (Å²) in [6.07, 6.45) is 9.72. The Labute approximate surface area is 300 Å². The molecule has 0 saturated heterocycles. The molecule has 0 bridgehead atoms. The van der Waals surface area contributed by atoms with E-state index in [0.717, 1.165) is 17.1 Å². The maximum absolute atomic E-state index is 12.1. The molecular formula is C41H80O3Si2Sn. The molecule has 47 heavy (non-hydrogen) atoms. The number of rotatable bonds is 23. The first kappa shape index (κ1) is 44.8. The molecule has 0 heterocycles. The van der Waals surface area contributed by atoms with Crippen molar-refractivity contribution in [1.29, 1.82) is 0 Å². The van der Waals surface area contributed by atoms with E-state index in [1.807, 2.05) is 0 Å². The van der Waals surface area contributed by atoms with Gasteiger partial charge in [0, 0.05) is 0 Å². The molecule has 0 aliphatic carbocycles. The number of benzene rings is 1. The fourth-order valence-electron chi connectivity index (χ4n) is 8.97. The zero-order valence-electron chi connectivity index (χ0n) is 34.1. The molecule has 0 radical (unpaired) electrons. The molecule has 1 aromatic rings. The van der Waals surface area contributed by atoms with Crippen molar-refractivity contribution in [3.05, 3.63) is 33.9 Å². The van der Waals surface area contributed by atoms with Gasteiger partial charge in [0.1, 0.15) is 0 Å². The summed E-state index contributed by atoms with van der Waals surface area (Å²) in [5, 5.41) is 12.1. The molecule has 0 saturated carbocycles. The molecule has 0 aliphatic rings. The first-order valence-corrected chi connectivity index (χ1v) is 31.8. The van der Waals surface area contributed by atoms with Crippen LogP contribution in [0.3, 0.4) is 0 Å². The van der Waals surface area contributed by atoms with E-state index >= 15 is 0 Å². The molecule has 2 atom stereocenters. The Morgan fingerprint density at radius 1 is 0.574 bits per heavy atom. The average Bonchev–Trinajstić information content (AvgIpc) is 2.99. The molecule has 0 unspecified atom stereocenters. The van der Waals surface area contributed by atoms with Gasteiger partial charge in [-0.05, 0) is 0 Å². The molecule has 1 aromatic carbocycles. The van der Waals surface area contributed by atoms with Gasteiger partial charge in [0.15, 0.2) is 0 Å². The molecule has 274 valence electrons. The van der Waals surface area contributed by atoms with Crippen LogP contribution in [0, 0.1) is 5.92 Å². The zero-order chi connectivity index (χ0) is 36.2. The van der Waals surface area contributed by atoms with Crippen LogP contribution in [0.5, 0.6) is 11.5 Å². The Morgan fingerprint density at radius 2 is 0.894 bits per heavy atom. The molecule has 0 aliphatic heterocycles. The fraction of sp³-hybridized carbons (Fsp3) is 0.805. The van der Waals surface area contributed by atoms with Crippen molar-refractivity contribution in [3.8, 4) is 11.5 Å². The summed E-state index contributed by atoms with van der Waals surface area (Å²) in [5.41, 5.74) is 3.73. The van der Waals surface area contributed by atoms with E-state index < -0.39 is 41.1 Å². The van der Waals surface area contributed by atoms with Gasteiger partial charge in [-0.1, -0.05) is 0 Å². The molecule has 0 aromatic heterocycles. The summed E-state index contributed by atoms with van der Waals surface area (Å²) in [4.78, 5) is 0. The third kappa shape index (κ3) is 11.6. The fourth-order valence-corrected chi connectivity index (χ4v) is 34.1. The summed E-state index contributed by atoms with van der Waals surface area (Å²) in [6, 6.07) is 6.48. The molecule has 1 N–H and O–H groups in total. The number of aliphatic hydroxyl groups excluding tert-OH is 1. The Balaban J connectivity index is 3.82. The Bertz CT molecular complexity index is 932. The van der Waals surface area contributed by atoms with Crippen molar-refractivity contribution in [2.24, 2.45) is 5.92 Å². The topological polar surface area (TPSA) is 38.7 Å². The Morgan fingerprint density at radius 3 is 1.17 bits per heavy atom. The van der Waals surface area contributed by atoms with Gasteiger partial charge in [0.25, 0.3) is 0 Å². The molecule has 0 fully saturated rings. The first-order chi connectivity index (χ1) is 21.9. The minimum atomic E-state index is -2.47. The number of aliphatic hydroxyl groups is 1. The van der Waals surface area contributed by atoms with E-state index in [0.29, 0.717) is 33.2 Å². The van der Waals surface area contributed by atoms with Crippen LogP contribution in [0.15, 0.2) is 28.4 Å². The van der Waals surface area contributed by atoms with E-state index in [4.69, 9.17) is 8.85 Å². The van der Waals surface area contributed by atoms with Gasteiger partial charge >= 0.3 is 302 Å². The summed E-state index contributed by atoms with van der Waals surface area (Å²) in [7, 11) is -4.42. The predicted molar refractivity (Wildman–Crippen MR) is 218 cm³/mol. The van der Waals surface area contributed by atoms with Crippen LogP contribution >= 0.6 is 0 Å². The zero-order valence-corrected chi connectivity index (χ0v) is 39.0. The molecular weight excluding hydrogens is 715 g/mol. The van der Waals surface area contributed by atoms with Crippen LogP contribution in [0.25, 0.3) is 0 Å². The molecule has 1 rings (SSSR count). The molecule has 0 spiro atoms. The van der Waals surface area contributed by atoms with E-state index in [1.165, 1.54) is 51.8 Å². The standard InChI is InChI=1S/C29H53O3Si2.3C4H9.Sn/c1-15-25(14)29(30)26-16-27(31-33(19(2)3,20(4)5)21(6)7)18-28(17-26)32-34(22(8)9,23(10)11)24(12)13;3*1-3-4-2;/h1,15-25,29-30H,2-14H3;3*1,3-4H2,2H3;/t25-,29-;;;;/m0..../s1. The Hall–Kier alpha value is -0.248. The number of hydrogen-bond donors (Lipinski definition) is 1. The van der Waals surface area contributed by atoms with Crippen LogP contribution in [-0.4, -0.2) is 40.1 Å². The van der Waals surface area contributed by atoms with Crippen molar-refractivity contribution in [3.63, 3.8) is 0 Å². The normalized spacial score (nSPS) is 14.9. The second-order valence-electron chi connectivity index (χ2n) is 16.9. The predicted octanol–water partition coefficient (Wildman–Crippen LogP) is 14.4. The summed E-state index contributed by atoms with van der Waals surface area (Å²) in [5.74, 6) is 1.80. The average molecular weight is 796 g/mol. The van der Waals surface area contributed by atoms with E-state index in [2.05, 4.69) is 139 Å². The van der Waals surface area contributed by atoms with Gasteiger partial charge in [-0.2, -0.15) is 0 Å². The molecule has 6 heteroatoms. The van der Waals surface area contributed by atoms with Crippen molar-refractivity contribution < 1.29 is 14.0 Å². The monoisotopic (exact) mass is 796 g/mol. The van der Waals surface area contributed by atoms with Crippen LogP contribution < -0.4 is 8.85 Å². The van der Waals surface area contributed by atoms with Gasteiger partial charge in [0.05, 0.1) is 0 Å². The van der Waals surface area contributed by atoms with Crippen molar-refractivity contribution in [1.82, 2.24) is 0 Å². The second-order valence-corrected chi connectivity index (χ2v) is 40.7. The van der Waals surface area contributed by atoms with Crippen molar-refractivity contribution >= 4 is 35.0 Å². The van der Waals surface area contributed by atoms with Crippen LogP contribution in [0.1, 0.15) is 161 Å². The van der Waals surface area contributed by atoms with Gasteiger partial charge < -0.3 is 0 Å². The van der Waals surface area contributed by atoms with Gasteiger partial charge in [-0.15, -0.1) is 0 Å².